The lowest BCUT2D eigenvalue weighted by atomic mass is 10.0. The van der Waals surface area contributed by atoms with E-state index in [1.54, 1.807) is 4.90 Å². The molecule has 2 aliphatic rings. The average molecular weight is 285 g/mol. The van der Waals surface area contributed by atoms with E-state index in [1.807, 2.05) is 0 Å². The molecule has 2 fully saturated rings. The summed E-state index contributed by atoms with van der Waals surface area (Å²) in [6.45, 7) is 2.16. The Morgan fingerprint density at radius 2 is 1.95 bits per heavy atom. The molecule has 0 saturated carbocycles. The van der Waals surface area contributed by atoms with Crippen LogP contribution in [0.2, 0.25) is 0 Å². The molecule has 0 spiro atoms. The van der Waals surface area contributed by atoms with Crippen LogP contribution < -0.4 is 0 Å². The van der Waals surface area contributed by atoms with Crippen LogP contribution in [0.1, 0.15) is 38.5 Å². The van der Waals surface area contributed by atoms with Crippen LogP contribution in [0.5, 0.6) is 0 Å². The maximum atomic E-state index is 12.1. The lowest BCUT2D eigenvalue weighted by Crippen LogP contribution is -2.46. The van der Waals surface area contributed by atoms with Crippen LogP contribution in [0.25, 0.3) is 0 Å². The highest BCUT2D eigenvalue weighted by atomic mass is 16.5. The minimum absolute atomic E-state index is 0.0461. The number of hydrogen-bond acceptors (Lipinski definition) is 4. The van der Waals surface area contributed by atoms with Gasteiger partial charge in [0.2, 0.25) is 5.91 Å². The molecule has 1 N–H and O–H groups in total. The van der Waals surface area contributed by atoms with Gasteiger partial charge in [0.25, 0.3) is 0 Å². The van der Waals surface area contributed by atoms with E-state index in [2.05, 4.69) is 0 Å². The second kappa shape index (κ2) is 7.59. The van der Waals surface area contributed by atoms with E-state index >= 15 is 0 Å². The number of carbonyl (C=O) groups is 2. The van der Waals surface area contributed by atoms with Gasteiger partial charge in [-0.25, -0.2) is 0 Å². The van der Waals surface area contributed by atoms with Gasteiger partial charge in [-0.1, -0.05) is 0 Å². The van der Waals surface area contributed by atoms with Gasteiger partial charge in [-0.15, -0.1) is 0 Å². The topological polar surface area (TPSA) is 76.1 Å². The number of carboxylic acid groups (broad SMARTS) is 1. The Morgan fingerprint density at radius 1 is 1.15 bits per heavy atom. The normalized spacial score (nSPS) is 27.3. The third kappa shape index (κ3) is 4.76. The number of amides is 1. The van der Waals surface area contributed by atoms with Crippen LogP contribution in [0.4, 0.5) is 0 Å². The maximum absolute atomic E-state index is 12.1. The van der Waals surface area contributed by atoms with Crippen molar-refractivity contribution < 1.29 is 24.2 Å². The summed E-state index contributed by atoms with van der Waals surface area (Å²) in [6.07, 6.45) is 4.36. The van der Waals surface area contributed by atoms with Gasteiger partial charge in [-0.2, -0.15) is 0 Å². The Balaban J connectivity index is 1.72. The van der Waals surface area contributed by atoms with Crippen molar-refractivity contribution in [1.82, 2.24) is 4.90 Å². The molecule has 114 valence electrons. The van der Waals surface area contributed by atoms with Gasteiger partial charge in [0.15, 0.2) is 0 Å². The number of morpholine rings is 1. The molecule has 0 aromatic heterocycles. The van der Waals surface area contributed by atoms with Gasteiger partial charge in [-0.3, -0.25) is 9.59 Å². The number of carboxylic acids is 1. The Hall–Kier alpha value is -1.14. The molecule has 6 heteroatoms. The van der Waals surface area contributed by atoms with Gasteiger partial charge in [0.05, 0.1) is 25.2 Å². The lowest BCUT2D eigenvalue weighted by Gasteiger charge is -2.33. The van der Waals surface area contributed by atoms with E-state index < -0.39 is 5.97 Å². The summed E-state index contributed by atoms with van der Waals surface area (Å²) in [6, 6.07) is 0. The molecular formula is C14H23NO5. The van der Waals surface area contributed by atoms with Gasteiger partial charge in [0, 0.05) is 26.1 Å². The Morgan fingerprint density at radius 3 is 2.65 bits per heavy atom. The fourth-order valence-electron chi connectivity index (χ4n) is 2.74. The van der Waals surface area contributed by atoms with Crippen molar-refractivity contribution in [2.75, 3.05) is 26.3 Å². The van der Waals surface area contributed by atoms with Crippen molar-refractivity contribution in [3.05, 3.63) is 0 Å². The number of ether oxygens (including phenoxy) is 2. The zero-order chi connectivity index (χ0) is 14.4. The standard InChI is InChI=1S/C14H23NO5/c16-13(5-4-11-3-1-2-7-19-11)15-6-8-20-12(10-15)9-14(17)18/h11-12H,1-10H2,(H,17,18)/t11-,12+/m1/s1. The first-order valence-corrected chi connectivity index (χ1v) is 7.38. The van der Waals surface area contributed by atoms with E-state index in [0.717, 1.165) is 25.9 Å². The summed E-state index contributed by atoms with van der Waals surface area (Å²) < 4.78 is 11.0. The lowest BCUT2D eigenvalue weighted by molar-refractivity contribution is -0.148. The Labute approximate surface area is 119 Å². The molecule has 0 bridgehead atoms. The fraction of sp³-hybridized carbons (Fsp3) is 0.857. The Kier molecular flexibility index (Phi) is 5.79. The van der Waals surface area contributed by atoms with Crippen molar-refractivity contribution in [3.63, 3.8) is 0 Å². The summed E-state index contributed by atoms with van der Waals surface area (Å²) >= 11 is 0. The van der Waals surface area contributed by atoms with Crippen molar-refractivity contribution in [3.8, 4) is 0 Å². The molecule has 0 radical (unpaired) electrons. The van der Waals surface area contributed by atoms with E-state index in [1.165, 1.54) is 6.42 Å². The summed E-state index contributed by atoms with van der Waals surface area (Å²) in [7, 11) is 0. The molecule has 0 aromatic carbocycles. The maximum Gasteiger partial charge on any atom is 0.306 e. The molecule has 2 heterocycles. The molecule has 1 amide bonds. The van der Waals surface area contributed by atoms with Crippen LogP contribution >= 0.6 is 0 Å². The SMILES string of the molecule is O=C(O)C[C@H]1CN(C(=O)CC[C@H]2CCCCO2)CCO1. The minimum atomic E-state index is -0.889. The van der Waals surface area contributed by atoms with Crippen LogP contribution in [-0.4, -0.2) is 60.4 Å². The van der Waals surface area contributed by atoms with Crippen molar-refractivity contribution >= 4 is 11.9 Å². The number of aliphatic carboxylic acids is 1. The van der Waals surface area contributed by atoms with Crippen LogP contribution in [-0.2, 0) is 19.1 Å². The predicted molar refractivity (Wildman–Crippen MR) is 71.4 cm³/mol. The number of nitrogens with zero attached hydrogens (tertiary/aromatic N) is 1. The number of carbonyl (C=O) groups excluding carboxylic acids is 1. The quantitative estimate of drug-likeness (QED) is 0.816. The van der Waals surface area contributed by atoms with Crippen molar-refractivity contribution in [2.24, 2.45) is 0 Å². The fourth-order valence-corrected chi connectivity index (χ4v) is 2.74. The second-order valence-electron chi connectivity index (χ2n) is 5.46. The Bertz CT molecular complexity index is 340. The van der Waals surface area contributed by atoms with E-state index in [4.69, 9.17) is 14.6 Å². The van der Waals surface area contributed by atoms with Crippen molar-refractivity contribution in [1.29, 1.82) is 0 Å². The number of hydrogen-bond donors (Lipinski definition) is 1. The van der Waals surface area contributed by atoms with E-state index in [-0.39, 0.29) is 24.5 Å². The highest BCUT2D eigenvalue weighted by Gasteiger charge is 2.26. The molecular weight excluding hydrogens is 262 g/mol. The largest absolute Gasteiger partial charge is 0.481 e. The number of rotatable bonds is 5. The predicted octanol–water partition coefficient (Wildman–Crippen LogP) is 1.04. The molecule has 0 unspecified atom stereocenters. The zero-order valence-corrected chi connectivity index (χ0v) is 11.8. The first kappa shape index (κ1) is 15.3. The van der Waals surface area contributed by atoms with Crippen LogP contribution in [0.15, 0.2) is 0 Å². The van der Waals surface area contributed by atoms with Crippen LogP contribution in [0.3, 0.4) is 0 Å². The third-order valence-electron chi connectivity index (χ3n) is 3.85. The molecule has 2 rings (SSSR count). The average Bonchev–Trinajstić information content (AvgIpc) is 2.45. The summed E-state index contributed by atoms with van der Waals surface area (Å²) in [4.78, 5) is 24.5. The molecule has 0 aliphatic carbocycles. The molecule has 20 heavy (non-hydrogen) atoms. The minimum Gasteiger partial charge on any atom is -0.481 e. The van der Waals surface area contributed by atoms with E-state index in [9.17, 15) is 9.59 Å². The molecule has 2 atom stereocenters. The zero-order valence-electron chi connectivity index (χ0n) is 11.8. The van der Waals surface area contributed by atoms with Gasteiger partial charge in [0.1, 0.15) is 0 Å². The molecule has 2 aliphatic heterocycles. The highest BCUT2D eigenvalue weighted by Crippen LogP contribution is 2.18. The summed E-state index contributed by atoms with van der Waals surface area (Å²) in [5.41, 5.74) is 0. The van der Waals surface area contributed by atoms with E-state index in [0.29, 0.717) is 26.1 Å². The monoisotopic (exact) mass is 285 g/mol. The smallest absolute Gasteiger partial charge is 0.306 e. The van der Waals surface area contributed by atoms with Crippen molar-refractivity contribution in [2.45, 2.75) is 50.7 Å². The first-order valence-electron chi connectivity index (χ1n) is 7.38. The molecule has 2 saturated heterocycles. The van der Waals surface area contributed by atoms with Gasteiger partial charge in [-0.05, 0) is 25.7 Å². The van der Waals surface area contributed by atoms with Gasteiger partial charge >= 0.3 is 5.97 Å². The van der Waals surface area contributed by atoms with Crippen LogP contribution in [0, 0.1) is 0 Å². The van der Waals surface area contributed by atoms with Gasteiger partial charge < -0.3 is 19.5 Å². The summed E-state index contributed by atoms with van der Waals surface area (Å²) in [5, 5.41) is 8.76. The molecule has 0 aromatic rings. The first-order chi connectivity index (χ1) is 9.65. The summed E-state index contributed by atoms with van der Waals surface area (Å²) in [5.74, 6) is -0.808. The second-order valence-corrected chi connectivity index (χ2v) is 5.46. The third-order valence-corrected chi connectivity index (χ3v) is 3.85. The highest BCUT2D eigenvalue weighted by molar-refractivity contribution is 5.76. The molecule has 6 nitrogen and oxygen atoms in total.